The van der Waals surface area contributed by atoms with Gasteiger partial charge in [-0.15, -0.1) is 11.3 Å². The molecule has 7 heteroatoms. The standard InChI is InChI=1S/C12H18N2O3S2/c1-19(16,17)11-4-6-14(7-5-11)12(15)13-9-10-3-2-8-18-10/h2-3,8,11H,4-7,9H2,1H3,(H,13,15). The van der Waals surface area contributed by atoms with Gasteiger partial charge in [0.15, 0.2) is 0 Å². The number of likely N-dealkylation sites (tertiary alicyclic amines) is 1. The fourth-order valence-corrected chi connectivity index (χ4v) is 3.89. The first-order chi connectivity index (χ1) is 8.97. The van der Waals surface area contributed by atoms with Gasteiger partial charge < -0.3 is 10.2 Å². The van der Waals surface area contributed by atoms with Crippen LogP contribution in [0.15, 0.2) is 17.5 Å². The summed E-state index contributed by atoms with van der Waals surface area (Å²) in [7, 11) is -2.98. The van der Waals surface area contributed by atoms with Gasteiger partial charge in [0, 0.05) is 24.2 Å². The average Bonchev–Trinajstić information content (AvgIpc) is 2.88. The van der Waals surface area contributed by atoms with E-state index in [0.717, 1.165) is 4.88 Å². The monoisotopic (exact) mass is 302 g/mol. The van der Waals surface area contributed by atoms with E-state index in [0.29, 0.717) is 32.5 Å². The molecule has 2 rings (SSSR count). The molecule has 0 bridgehead atoms. The van der Waals surface area contributed by atoms with Crippen molar-refractivity contribution in [3.05, 3.63) is 22.4 Å². The van der Waals surface area contributed by atoms with Gasteiger partial charge in [0.2, 0.25) is 0 Å². The average molecular weight is 302 g/mol. The summed E-state index contributed by atoms with van der Waals surface area (Å²) in [6.45, 7) is 1.55. The van der Waals surface area contributed by atoms with E-state index in [2.05, 4.69) is 5.32 Å². The number of carbonyl (C=O) groups excluding carboxylic acids is 1. The second-order valence-electron chi connectivity index (χ2n) is 4.75. The van der Waals surface area contributed by atoms with Gasteiger partial charge in [-0.2, -0.15) is 0 Å². The highest BCUT2D eigenvalue weighted by atomic mass is 32.2. The zero-order valence-electron chi connectivity index (χ0n) is 10.8. The Morgan fingerprint density at radius 3 is 2.68 bits per heavy atom. The van der Waals surface area contributed by atoms with Crippen LogP contribution < -0.4 is 5.32 Å². The Kier molecular flexibility index (Phi) is 4.46. The lowest BCUT2D eigenvalue weighted by Crippen LogP contribution is -2.46. The van der Waals surface area contributed by atoms with Crippen molar-refractivity contribution >= 4 is 27.2 Å². The highest BCUT2D eigenvalue weighted by Gasteiger charge is 2.28. The Bertz CT molecular complexity index is 517. The molecule has 0 unspecified atom stereocenters. The quantitative estimate of drug-likeness (QED) is 0.919. The first-order valence-corrected chi connectivity index (χ1v) is 9.04. The SMILES string of the molecule is CS(=O)(=O)C1CCN(C(=O)NCc2cccs2)CC1. The zero-order valence-corrected chi connectivity index (χ0v) is 12.5. The molecule has 0 aliphatic carbocycles. The molecule has 0 atom stereocenters. The fraction of sp³-hybridized carbons (Fsp3) is 0.583. The van der Waals surface area contributed by atoms with Gasteiger partial charge in [-0.1, -0.05) is 6.07 Å². The maximum absolute atomic E-state index is 11.9. The molecule has 1 aromatic heterocycles. The summed E-state index contributed by atoms with van der Waals surface area (Å²) < 4.78 is 22.9. The lowest BCUT2D eigenvalue weighted by molar-refractivity contribution is 0.186. The van der Waals surface area contributed by atoms with Crippen LogP contribution in [0.1, 0.15) is 17.7 Å². The first-order valence-electron chi connectivity index (χ1n) is 6.21. The lowest BCUT2D eigenvalue weighted by Gasteiger charge is -2.31. The molecule has 0 radical (unpaired) electrons. The van der Waals surface area contributed by atoms with Crippen molar-refractivity contribution in [3.63, 3.8) is 0 Å². The van der Waals surface area contributed by atoms with Gasteiger partial charge in [0.25, 0.3) is 0 Å². The number of thiophene rings is 1. The van der Waals surface area contributed by atoms with E-state index in [1.807, 2.05) is 17.5 Å². The number of rotatable bonds is 3. The molecule has 1 aliphatic heterocycles. The van der Waals surface area contributed by atoms with Crippen LogP contribution in [0.5, 0.6) is 0 Å². The summed E-state index contributed by atoms with van der Waals surface area (Å²) in [5, 5.41) is 4.53. The van der Waals surface area contributed by atoms with Crippen LogP contribution in [-0.2, 0) is 16.4 Å². The van der Waals surface area contributed by atoms with Gasteiger partial charge in [0.1, 0.15) is 9.84 Å². The van der Waals surface area contributed by atoms with E-state index in [1.165, 1.54) is 6.26 Å². The summed E-state index contributed by atoms with van der Waals surface area (Å²) in [5.41, 5.74) is 0. The van der Waals surface area contributed by atoms with Crippen molar-refractivity contribution in [1.29, 1.82) is 0 Å². The number of nitrogens with one attached hydrogen (secondary N) is 1. The molecule has 2 heterocycles. The minimum absolute atomic E-state index is 0.111. The molecule has 0 spiro atoms. The Balaban J connectivity index is 1.79. The van der Waals surface area contributed by atoms with Crippen molar-refractivity contribution in [2.45, 2.75) is 24.6 Å². The van der Waals surface area contributed by atoms with Crippen LogP contribution in [-0.4, -0.2) is 43.9 Å². The summed E-state index contributed by atoms with van der Waals surface area (Å²) in [6.07, 6.45) is 2.33. The number of hydrogen-bond donors (Lipinski definition) is 1. The molecule has 1 aromatic rings. The topological polar surface area (TPSA) is 66.5 Å². The Hall–Kier alpha value is -1.08. The fourth-order valence-electron chi connectivity index (χ4n) is 2.17. The highest BCUT2D eigenvalue weighted by Crippen LogP contribution is 2.17. The van der Waals surface area contributed by atoms with E-state index in [-0.39, 0.29) is 11.3 Å². The third-order valence-corrected chi connectivity index (χ3v) is 5.89. The van der Waals surface area contributed by atoms with Gasteiger partial charge >= 0.3 is 6.03 Å². The van der Waals surface area contributed by atoms with Crippen molar-refractivity contribution in [2.75, 3.05) is 19.3 Å². The minimum Gasteiger partial charge on any atom is -0.333 e. The number of nitrogens with zero attached hydrogens (tertiary/aromatic N) is 1. The summed E-state index contributed by atoms with van der Waals surface area (Å²) in [4.78, 5) is 14.7. The maximum Gasteiger partial charge on any atom is 0.317 e. The predicted molar refractivity (Wildman–Crippen MR) is 76.0 cm³/mol. The summed E-state index contributed by atoms with van der Waals surface area (Å²) >= 11 is 1.60. The highest BCUT2D eigenvalue weighted by molar-refractivity contribution is 7.91. The molecule has 0 saturated carbocycles. The smallest absolute Gasteiger partial charge is 0.317 e. The van der Waals surface area contributed by atoms with Gasteiger partial charge in [-0.25, -0.2) is 13.2 Å². The molecule has 2 amide bonds. The van der Waals surface area contributed by atoms with Crippen LogP contribution in [0.25, 0.3) is 0 Å². The maximum atomic E-state index is 11.9. The van der Waals surface area contributed by atoms with Gasteiger partial charge in [-0.05, 0) is 24.3 Å². The molecule has 1 fully saturated rings. The van der Waals surface area contributed by atoms with Crippen molar-refractivity contribution < 1.29 is 13.2 Å². The van der Waals surface area contributed by atoms with E-state index < -0.39 is 9.84 Å². The lowest BCUT2D eigenvalue weighted by atomic mass is 10.1. The minimum atomic E-state index is -2.98. The molecule has 5 nitrogen and oxygen atoms in total. The van der Waals surface area contributed by atoms with E-state index in [9.17, 15) is 13.2 Å². The van der Waals surface area contributed by atoms with Crippen LogP contribution in [0.4, 0.5) is 4.79 Å². The number of piperidine rings is 1. The molecule has 1 N–H and O–H groups in total. The van der Waals surface area contributed by atoms with Crippen LogP contribution >= 0.6 is 11.3 Å². The van der Waals surface area contributed by atoms with Crippen molar-refractivity contribution in [3.8, 4) is 0 Å². The largest absolute Gasteiger partial charge is 0.333 e. The number of carbonyl (C=O) groups is 1. The third-order valence-electron chi connectivity index (χ3n) is 3.33. The number of hydrogen-bond acceptors (Lipinski definition) is 4. The zero-order chi connectivity index (χ0) is 13.9. The Morgan fingerprint density at radius 1 is 1.47 bits per heavy atom. The molecule has 1 aliphatic rings. The van der Waals surface area contributed by atoms with Crippen LogP contribution in [0.2, 0.25) is 0 Å². The Morgan fingerprint density at radius 2 is 2.16 bits per heavy atom. The summed E-state index contributed by atoms with van der Waals surface area (Å²) in [6, 6.07) is 3.81. The van der Waals surface area contributed by atoms with E-state index >= 15 is 0 Å². The number of urea groups is 1. The Labute approximate surface area is 117 Å². The van der Waals surface area contributed by atoms with Crippen LogP contribution in [0, 0.1) is 0 Å². The molecule has 1 saturated heterocycles. The van der Waals surface area contributed by atoms with Crippen molar-refractivity contribution in [2.24, 2.45) is 0 Å². The predicted octanol–water partition coefficient (Wildman–Crippen LogP) is 1.47. The first kappa shape index (κ1) is 14.3. The second-order valence-corrected chi connectivity index (χ2v) is 8.11. The van der Waals surface area contributed by atoms with E-state index in [4.69, 9.17) is 0 Å². The molecule has 19 heavy (non-hydrogen) atoms. The normalized spacial score (nSPS) is 17.4. The van der Waals surface area contributed by atoms with E-state index in [1.54, 1.807) is 16.2 Å². The number of amides is 2. The number of sulfone groups is 1. The van der Waals surface area contributed by atoms with Gasteiger partial charge in [-0.3, -0.25) is 0 Å². The third kappa shape index (κ3) is 3.94. The second kappa shape index (κ2) is 5.92. The summed E-state index contributed by atoms with van der Waals surface area (Å²) in [5.74, 6) is 0. The molecule has 0 aromatic carbocycles. The van der Waals surface area contributed by atoms with Crippen molar-refractivity contribution in [1.82, 2.24) is 10.2 Å². The molecular formula is C12H18N2O3S2. The van der Waals surface area contributed by atoms with Gasteiger partial charge in [0.05, 0.1) is 11.8 Å². The molecular weight excluding hydrogens is 284 g/mol. The van der Waals surface area contributed by atoms with Crippen LogP contribution in [0.3, 0.4) is 0 Å². The molecule has 106 valence electrons.